The summed E-state index contributed by atoms with van der Waals surface area (Å²) in [6.07, 6.45) is -2.68. The molecule has 0 spiro atoms. The first kappa shape index (κ1) is 50.5. The number of rotatable bonds is 19. The highest BCUT2D eigenvalue weighted by Crippen LogP contribution is 2.22. The number of nitrogens with zero attached hydrogens (tertiary/aromatic N) is 4. The standard InChI is InChI=1S/C24H30N4O7S.C18H27N3O3/c1-24(2,3)35-23(30)26-21(15-18-9-5-4-6-10-18)22(29)17-27(14-8-13-25)36(33,34)20-12-7-11-19(16-20)28(31)32;1-18(2,3)24-17(23)21-15(12-14-8-5-4-6-9-14)16(22)13-20-11-7-10-19/h4-7,9-12,16,21-22,29H,8,14-15,17H2,1-3H3,(H,26,30);4-6,8-9,15-16,20,22H,7,11-13H2,1-3H3,(H,21,23)/t21-,22+;15-,16+/m00/s1. The smallest absolute Gasteiger partial charge is 0.407 e. The molecule has 18 heteroatoms. The summed E-state index contributed by atoms with van der Waals surface area (Å²) in [4.78, 5) is 34.6. The van der Waals surface area contributed by atoms with Gasteiger partial charge in [0.1, 0.15) is 11.2 Å². The quantitative estimate of drug-likeness (QED) is 0.0607. The summed E-state index contributed by atoms with van der Waals surface area (Å²) in [7, 11) is -4.31. The SMILES string of the molecule is CC(C)(C)OC(=O)N[C@@H](Cc1ccccc1)[C@H](O)CN(CCC#N)S(=O)(=O)c1cccc([N+](=O)[O-])c1.CC(C)(C)OC(=O)N[C@@H](Cc1ccccc1)[C@H](O)CNCCC#N. The highest BCUT2D eigenvalue weighted by Gasteiger charge is 2.32. The highest BCUT2D eigenvalue weighted by molar-refractivity contribution is 7.89. The predicted octanol–water partition coefficient (Wildman–Crippen LogP) is 4.98. The number of hydrogen-bond acceptors (Lipinski definition) is 13. The lowest BCUT2D eigenvalue weighted by Crippen LogP contribution is -2.51. The predicted molar refractivity (Wildman–Crippen MR) is 224 cm³/mol. The van der Waals surface area contributed by atoms with Crippen LogP contribution in [0.2, 0.25) is 0 Å². The minimum Gasteiger partial charge on any atom is -0.444 e. The molecule has 0 unspecified atom stereocenters. The van der Waals surface area contributed by atoms with Gasteiger partial charge in [-0.25, -0.2) is 18.0 Å². The molecular formula is C42H57N7O10S. The van der Waals surface area contributed by atoms with Gasteiger partial charge in [0.05, 0.1) is 46.2 Å². The number of ether oxygens (including phenoxy) is 2. The summed E-state index contributed by atoms with van der Waals surface area (Å²) in [6.45, 7) is 10.5. The van der Waals surface area contributed by atoms with Crippen LogP contribution in [-0.2, 0) is 32.3 Å². The van der Waals surface area contributed by atoms with E-state index in [0.29, 0.717) is 19.4 Å². The van der Waals surface area contributed by atoms with Crippen molar-refractivity contribution in [2.24, 2.45) is 0 Å². The number of sulfonamides is 1. The Kier molecular flexibility index (Phi) is 20.6. The average molecular weight is 852 g/mol. The molecule has 0 fully saturated rings. The maximum atomic E-state index is 13.3. The Bertz CT molecular complexity index is 1990. The van der Waals surface area contributed by atoms with Crippen molar-refractivity contribution in [2.45, 2.75) is 108 Å². The zero-order chi connectivity index (χ0) is 44.9. The molecule has 0 aromatic heterocycles. The van der Waals surface area contributed by atoms with Crippen molar-refractivity contribution < 1.29 is 42.6 Å². The van der Waals surface area contributed by atoms with Crippen LogP contribution >= 0.6 is 0 Å². The van der Waals surface area contributed by atoms with Crippen molar-refractivity contribution in [1.29, 1.82) is 10.5 Å². The number of hydrogen-bond donors (Lipinski definition) is 5. The molecule has 2 amide bonds. The molecule has 0 bridgehead atoms. The molecule has 0 heterocycles. The van der Waals surface area contributed by atoms with Crippen molar-refractivity contribution in [1.82, 2.24) is 20.3 Å². The second kappa shape index (κ2) is 24.5. The number of aliphatic hydroxyl groups excluding tert-OH is 2. The summed E-state index contributed by atoms with van der Waals surface area (Å²) in [5.41, 5.74) is -0.0174. The molecule has 4 atom stereocenters. The Balaban J connectivity index is 0.000000449. The Morgan fingerprint density at radius 3 is 1.72 bits per heavy atom. The lowest BCUT2D eigenvalue weighted by atomic mass is 10.0. The Labute approximate surface area is 352 Å². The topological polar surface area (TPSA) is 257 Å². The second-order valence-corrected chi connectivity index (χ2v) is 17.6. The van der Waals surface area contributed by atoms with Crippen LogP contribution in [0.1, 0.15) is 65.5 Å². The van der Waals surface area contributed by atoms with Crippen LogP contribution in [0.15, 0.2) is 89.8 Å². The Morgan fingerprint density at radius 1 is 0.783 bits per heavy atom. The molecule has 5 N–H and O–H groups in total. The molecule has 326 valence electrons. The van der Waals surface area contributed by atoms with Crippen LogP contribution in [0.25, 0.3) is 0 Å². The fraction of sp³-hybridized carbons (Fsp3) is 0.476. The van der Waals surface area contributed by atoms with Gasteiger partial charge in [-0.3, -0.25) is 10.1 Å². The minimum atomic E-state index is -4.31. The number of non-ortho nitro benzene ring substituents is 1. The fourth-order valence-corrected chi connectivity index (χ4v) is 6.98. The number of nitrogens with one attached hydrogen (secondary N) is 3. The number of nitro benzene ring substituents is 1. The molecule has 3 aromatic carbocycles. The van der Waals surface area contributed by atoms with Gasteiger partial charge in [0, 0.05) is 51.2 Å². The molecule has 3 aromatic rings. The van der Waals surface area contributed by atoms with E-state index in [-0.39, 0.29) is 30.8 Å². The van der Waals surface area contributed by atoms with E-state index in [1.54, 1.807) is 65.8 Å². The molecular weight excluding hydrogens is 795 g/mol. The lowest BCUT2D eigenvalue weighted by molar-refractivity contribution is -0.385. The van der Waals surface area contributed by atoms with Gasteiger partial charge < -0.3 is 35.6 Å². The van der Waals surface area contributed by atoms with Crippen LogP contribution in [-0.4, -0.2) is 102 Å². The first-order chi connectivity index (χ1) is 28.1. The van der Waals surface area contributed by atoms with Crippen molar-refractivity contribution in [3.05, 3.63) is 106 Å². The molecule has 0 saturated carbocycles. The number of nitro groups is 1. The second-order valence-electron chi connectivity index (χ2n) is 15.7. The van der Waals surface area contributed by atoms with Gasteiger partial charge in [-0.05, 0) is 71.6 Å². The summed E-state index contributed by atoms with van der Waals surface area (Å²) >= 11 is 0. The summed E-state index contributed by atoms with van der Waals surface area (Å²) in [6, 6.07) is 25.6. The van der Waals surface area contributed by atoms with Crippen molar-refractivity contribution in [3.8, 4) is 12.1 Å². The van der Waals surface area contributed by atoms with Crippen molar-refractivity contribution in [2.75, 3.05) is 26.2 Å². The fourth-order valence-electron chi connectivity index (χ4n) is 5.48. The average Bonchev–Trinajstić information content (AvgIpc) is 3.17. The van der Waals surface area contributed by atoms with Crippen LogP contribution in [0.3, 0.4) is 0 Å². The molecule has 0 aliphatic heterocycles. The minimum absolute atomic E-state index is 0.171. The van der Waals surface area contributed by atoms with E-state index in [0.717, 1.165) is 27.6 Å². The van der Waals surface area contributed by atoms with Gasteiger partial charge in [0.2, 0.25) is 10.0 Å². The maximum absolute atomic E-state index is 13.3. The van der Waals surface area contributed by atoms with Crippen LogP contribution in [0.5, 0.6) is 0 Å². The summed E-state index contributed by atoms with van der Waals surface area (Å²) < 4.78 is 38.1. The third-order valence-electron chi connectivity index (χ3n) is 8.23. The van der Waals surface area contributed by atoms with Gasteiger partial charge in [-0.2, -0.15) is 14.8 Å². The monoisotopic (exact) mass is 851 g/mol. The van der Waals surface area contributed by atoms with Crippen LogP contribution in [0, 0.1) is 32.8 Å². The first-order valence-electron chi connectivity index (χ1n) is 19.3. The van der Waals surface area contributed by atoms with Crippen molar-refractivity contribution in [3.63, 3.8) is 0 Å². The number of carbonyl (C=O) groups is 2. The number of amides is 2. The van der Waals surface area contributed by atoms with E-state index in [2.05, 4.69) is 16.0 Å². The molecule has 0 aliphatic rings. The normalized spacial score (nSPS) is 13.5. The van der Waals surface area contributed by atoms with Crippen LogP contribution < -0.4 is 16.0 Å². The van der Waals surface area contributed by atoms with Gasteiger partial charge in [0.15, 0.2) is 0 Å². The van der Waals surface area contributed by atoms with E-state index in [1.165, 1.54) is 12.1 Å². The van der Waals surface area contributed by atoms with Gasteiger partial charge in [-0.15, -0.1) is 0 Å². The molecule has 0 aliphatic carbocycles. The third-order valence-corrected chi connectivity index (χ3v) is 10.1. The maximum Gasteiger partial charge on any atom is 0.407 e. The van der Waals surface area contributed by atoms with Crippen LogP contribution in [0.4, 0.5) is 15.3 Å². The van der Waals surface area contributed by atoms with E-state index in [4.69, 9.17) is 20.0 Å². The summed E-state index contributed by atoms with van der Waals surface area (Å²) in [5.74, 6) is 0. The van der Waals surface area contributed by atoms with E-state index in [1.807, 2.05) is 48.5 Å². The van der Waals surface area contributed by atoms with Crippen molar-refractivity contribution >= 4 is 27.9 Å². The number of alkyl carbamates (subject to hydrolysis) is 2. The van der Waals surface area contributed by atoms with Gasteiger partial charge in [-0.1, -0.05) is 66.7 Å². The third kappa shape index (κ3) is 19.4. The number of benzene rings is 3. The van der Waals surface area contributed by atoms with E-state index >= 15 is 0 Å². The van der Waals surface area contributed by atoms with E-state index in [9.17, 15) is 38.3 Å². The largest absolute Gasteiger partial charge is 0.444 e. The molecule has 60 heavy (non-hydrogen) atoms. The number of aliphatic hydroxyl groups is 2. The molecule has 17 nitrogen and oxygen atoms in total. The zero-order valence-electron chi connectivity index (χ0n) is 34.9. The zero-order valence-corrected chi connectivity index (χ0v) is 35.7. The molecule has 0 radical (unpaired) electrons. The molecule has 0 saturated heterocycles. The number of carbonyl (C=O) groups excluding carboxylic acids is 2. The van der Waals surface area contributed by atoms with E-state index < -0.39 is 74.9 Å². The Morgan fingerprint density at radius 2 is 1.27 bits per heavy atom. The Hall–Kier alpha value is -5.63. The highest BCUT2D eigenvalue weighted by atomic mass is 32.2. The first-order valence-corrected chi connectivity index (χ1v) is 20.7. The number of nitriles is 2. The van der Waals surface area contributed by atoms with Gasteiger partial charge in [0.25, 0.3) is 5.69 Å². The summed E-state index contributed by atoms with van der Waals surface area (Å²) in [5, 5.41) is 58.5. The molecule has 3 rings (SSSR count). The van der Waals surface area contributed by atoms with Gasteiger partial charge >= 0.3 is 12.2 Å². The lowest BCUT2D eigenvalue weighted by Gasteiger charge is -2.30.